The van der Waals surface area contributed by atoms with Crippen molar-refractivity contribution in [3.8, 4) is 0 Å². The van der Waals surface area contributed by atoms with Crippen molar-refractivity contribution in [3.63, 3.8) is 0 Å². The number of hydrogen-bond acceptors (Lipinski definition) is 4. The second-order valence-electron chi connectivity index (χ2n) is 8.19. The fourth-order valence-corrected chi connectivity index (χ4v) is 4.46. The average molecular weight is 393 g/mol. The van der Waals surface area contributed by atoms with Crippen molar-refractivity contribution in [1.29, 1.82) is 0 Å². The Morgan fingerprint density at radius 1 is 1.21 bits per heavy atom. The number of ether oxygens (including phenoxy) is 1. The molecule has 0 radical (unpaired) electrons. The van der Waals surface area contributed by atoms with Crippen LogP contribution < -0.4 is 5.32 Å². The number of benzene rings is 1. The second kappa shape index (κ2) is 8.33. The van der Waals surface area contributed by atoms with Crippen LogP contribution in [0.1, 0.15) is 24.0 Å². The minimum Gasteiger partial charge on any atom is -0.381 e. The van der Waals surface area contributed by atoms with E-state index in [1.807, 2.05) is 42.2 Å². The first-order valence-electron chi connectivity index (χ1n) is 10.2. The first-order chi connectivity index (χ1) is 14.1. The molecule has 6 nitrogen and oxygen atoms in total. The van der Waals surface area contributed by atoms with E-state index in [9.17, 15) is 9.59 Å². The van der Waals surface area contributed by atoms with Gasteiger partial charge in [0.25, 0.3) is 0 Å². The maximum Gasteiger partial charge on any atom is 0.229 e. The first kappa shape index (κ1) is 19.6. The van der Waals surface area contributed by atoms with Gasteiger partial charge in [0.15, 0.2) is 0 Å². The van der Waals surface area contributed by atoms with Crippen LogP contribution in [0.25, 0.3) is 0 Å². The van der Waals surface area contributed by atoms with Gasteiger partial charge in [-0.1, -0.05) is 29.8 Å². The lowest BCUT2D eigenvalue weighted by Gasteiger charge is -2.37. The van der Waals surface area contributed by atoms with Gasteiger partial charge in [0.05, 0.1) is 24.2 Å². The molecule has 1 atom stereocenters. The predicted octanol–water partition coefficient (Wildman–Crippen LogP) is 2.83. The standard InChI is InChI=1S/C23H27N3O3/c1-17-4-6-18(7-5-17)13-21(27)26-15-20(23(16-26)8-11-29-12-9-23)22(28)25-19-3-2-10-24-14-19/h2-7,10,14,20H,8-9,11-13,15-16H2,1H3,(H,25,28)/t20-/m1/s1. The highest BCUT2D eigenvalue weighted by molar-refractivity contribution is 5.94. The molecule has 2 saturated heterocycles. The molecular formula is C23H27N3O3. The van der Waals surface area contributed by atoms with Crippen LogP contribution in [0.15, 0.2) is 48.8 Å². The summed E-state index contributed by atoms with van der Waals surface area (Å²) in [4.78, 5) is 32.1. The Morgan fingerprint density at radius 2 is 1.97 bits per heavy atom. The Labute approximate surface area is 171 Å². The Hall–Kier alpha value is -2.73. The molecule has 1 spiro atoms. The van der Waals surface area contributed by atoms with Crippen molar-refractivity contribution in [3.05, 3.63) is 59.9 Å². The molecule has 1 aromatic carbocycles. The third kappa shape index (κ3) is 4.32. The van der Waals surface area contributed by atoms with Gasteiger partial charge in [-0.3, -0.25) is 14.6 Å². The molecule has 29 heavy (non-hydrogen) atoms. The number of carbonyl (C=O) groups is 2. The number of aromatic nitrogens is 1. The van der Waals surface area contributed by atoms with E-state index in [0.717, 1.165) is 18.4 Å². The summed E-state index contributed by atoms with van der Waals surface area (Å²) in [6.07, 6.45) is 5.28. The molecule has 1 N–H and O–H groups in total. The smallest absolute Gasteiger partial charge is 0.229 e. The molecule has 3 heterocycles. The van der Waals surface area contributed by atoms with Gasteiger partial charge in [-0.05, 0) is 37.5 Å². The third-order valence-corrected chi connectivity index (χ3v) is 6.21. The normalized spacial score (nSPS) is 20.6. The van der Waals surface area contributed by atoms with Gasteiger partial charge in [0.1, 0.15) is 0 Å². The zero-order valence-electron chi connectivity index (χ0n) is 16.8. The number of pyridine rings is 1. The number of likely N-dealkylation sites (tertiary alicyclic amines) is 1. The van der Waals surface area contributed by atoms with Gasteiger partial charge in [0, 0.05) is 37.9 Å². The topological polar surface area (TPSA) is 71.5 Å². The van der Waals surface area contributed by atoms with Crippen molar-refractivity contribution in [2.75, 3.05) is 31.6 Å². The van der Waals surface area contributed by atoms with Gasteiger partial charge in [0.2, 0.25) is 11.8 Å². The molecule has 2 aliphatic rings. The molecule has 0 saturated carbocycles. The number of rotatable bonds is 4. The van der Waals surface area contributed by atoms with E-state index in [2.05, 4.69) is 10.3 Å². The molecular weight excluding hydrogens is 366 g/mol. The Bertz CT molecular complexity index is 861. The van der Waals surface area contributed by atoms with Crippen LogP contribution in [0.3, 0.4) is 0 Å². The van der Waals surface area contributed by atoms with E-state index < -0.39 is 0 Å². The summed E-state index contributed by atoms with van der Waals surface area (Å²) < 4.78 is 5.56. The summed E-state index contributed by atoms with van der Waals surface area (Å²) in [6, 6.07) is 11.7. The maximum atomic E-state index is 13.1. The van der Waals surface area contributed by atoms with E-state index in [0.29, 0.717) is 38.4 Å². The van der Waals surface area contributed by atoms with E-state index in [1.165, 1.54) is 5.56 Å². The van der Waals surface area contributed by atoms with Gasteiger partial charge >= 0.3 is 0 Å². The Kier molecular flexibility index (Phi) is 5.62. The van der Waals surface area contributed by atoms with E-state index in [1.54, 1.807) is 18.5 Å². The fourth-order valence-electron chi connectivity index (χ4n) is 4.46. The summed E-state index contributed by atoms with van der Waals surface area (Å²) in [5.41, 5.74) is 2.65. The van der Waals surface area contributed by atoms with E-state index >= 15 is 0 Å². The zero-order chi connectivity index (χ0) is 20.3. The predicted molar refractivity (Wildman–Crippen MR) is 110 cm³/mol. The molecule has 2 amide bonds. The quantitative estimate of drug-likeness (QED) is 0.867. The highest BCUT2D eigenvalue weighted by Gasteiger charge is 2.51. The second-order valence-corrected chi connectivity index (χ2v) is 8.19. The number of nitrogens with one attached hydrogen (secondary N) is 1. The summed E-state index contributed by atoms with van der Waals surface area (Å²) >= 11 is 0. The molecule has 0 unspecified atom stereocenters. The van der Waals surface area contributed by atoms with Crippen molar-refractivity contribution in [2.24, 2.45) is 11.3 Å². The summed E-state index contributed by atoms with van der Waals surface area (Å²) in [7, 11) is 0. The minimum atomic E-state index is -0.242. The summed E-state index contributed by atoms with van der Waals surface area (Å²) in [5, 5.41) is 2.99. The lowest BCUT2D eigenvalue weighted by molar-refractivity contribution is -0.130. The third-order valence-electron chi connectivity index (χ3n) is 6.21. The number of nitrogens with zero attached hydrogens (tertiary/aromatic N) is 2. The van der Waals surface area contributed by atoms with Crippen LogP contribution in [0.2, 0.25) is 0 Å². The van der Waals surface area contributed by atoms with Crippen molar-refractivity contribution in [2.45, 2.75) is 26.2 Å². The van der Waals surface area contributed by atoms with Crippen LogP contribution in [0, 0.1) is 18.3 Å². The fraction of sp³-hybridized carbons (Fsp3) is 0.435. The van der Waals surface area contributed by atoms with Crippen LogP contribution >= 0.6 is 0 Å². The van der Waals surface area contributed by atoms with E-state index in [4.69, 9.17) is 4.74 Å². The average Bonchev–Trinajstić information content (AvgIpc) is 3.10. The number of amides is 2. The number of hydrogen-bond donors (Lipinski definition) is 1. The molecule has 0 aliphatic carbocycles. The van der Waals surface area contributed by atoms with E-state index in [-0.39, 0.29) is 23.1 Å². The molecule has 2 aromatic rings. The first-order valence-corrected chi connectivity index (χ1v) is 10.2. The Balaban J connectivity index is 1.50. The molecule has 4 rings (SSSR count). The number of aryl methyl sites for hydroxylation is 1. The SMILES string of the molecule is Cc1ccc(CC(=O)N2C[C@H](C(=O)Nc3cccnc3)C3(CCOCC3)C2)cc1. The molecule has 2 fully saturated rings. The molecule has 6 heteroatoms. The van der Waals surface area contributed by atoms with Crippen LogP contribution in [-0.2, 0) is 20.7 Å². The molecule has 152 valence electrons. The zero-order valence-corrected chi connectivity index (χ0v) is 16.8. The van der Waals surface area contributed by atoms with Crippen LogP contribution in [0.5, 0.6) is 0 Å². The summed E-state index contributed by atoms with van der Waals surface area (Å²) in [5.74, 6) is -0.199. The van der Waals surface area contributed by atoms with Crippen molar-refractivity contribution in [1.82, 2.24) is 9.88 Å². The number of carbonyl (C=O) groups excluding carboxylic acids is 2. The van der Waals surface area contributed by atoms with Gasteiger partial charge in [-0.25, -0.2) is 0 Å². The van der Waals surface area contributed by atoms with Crippen molar-refractivity contribution < 1.29 is 14.3 Å². The lowest BCUT2D eigenvalue weighted by Crippen LogP contribution is -2.42. The van der Waals surface area contributed by atoms with Gasteiger partial charge in [-0.2, -0.15) is 0 Å². The molecule has 1 aromatic heterocycles. The highest BCUT2D eigenvalue weighted by Crippen LogP contribution is 2.45. The highest BCUT2D eigenvalue weighted by atomic mass is 16.5. The van der Waals surface area contributed by atoms with Crippen LogP contribution in [0.4, 0.5) is 5.69 Å². The minimum absolute atomic E-state index is 0.0365. The maximum absolute atomic E-state index is 13.1. The molecule has 2 aliphatic heterocycles. The van der Waals surface area contributed by atoms with Gasteiger partial charge in [-0.15, -0.1) is 0 Å². The van der Waals surface area contributed by atoms with Gasteiger partial charge < -0.3 is 15.0 Å². The number of anilines is 1. The molecule has 0 bridgehead atoms. The lowest BCUT2D eigenvalue weighted by atomic mass is 9.71. The van der Waals surface area contributed by atoms with Crippen molar-refractivity contribution >= 4 is 17.5 Å². The van der Waals surface area contributed by atoms with Crippen LogP contribution in [-0.4, -0.2) is 48.0 Å². The Morgan fingerprint density at radius 3 is 2.66 bits per heavy atom. The summed E-state index contributed by atoms with van der Waals surface area (Å²) in [6.45, 7) is 4.38. The largest absolute Gasteiger partial charge is 0.381 e. The monoisotopic (exact) mass is 393 g/mol.